The Morgan fingerprint density at radius 3 is 2.15 bits per heavy atom. The molecule has 3 aliphatic rings. The van der Waals surface area contributed by atoms with Crippen molar-refractivity contribution in [1.29, 1.82) is 0 Å². The number of cyclic esters (lactones) is 1. The number of esters is 1. The highest BCUT2D eigenvalue weighted by molar-refractivity contribution is 5.92. The van der Waals surface area contributed by atoms with Gasteiger partial charge >= 0.3 is 5.97 Å². The minimum atomic E-state index is -2.01. The van der Waals surface area contributed by atoms with Gasteiger partial charge in [0.2, 0.25) is 0 Å². The molecule has 2 saturated heterocycles. The van der Waals surface area contributed by atoms with E-state index in [1.807, 2.05) is 43.1 Å². The predicted octanol–water partition coefficient (Wildman–Crippen LogP) is 3.52. The number of carbonyl (C=O) groups excluding carboxylic acids is 2. The average Bonchev–Trinajstić information content (AvgIpc) is 3.21. The lowest BCUT2D eigenvalue weighted by molar-refractivity contribution is -0.315. The van der Waals surface area contributed by atoms with E-state index in [4.69, 9.17) is 39.6 Å². The van der Waals surface area contributed by atoms with Crippen molar-refractivity contribution in [3.63, 3.8) is 0 Å². The molecule has 3 aliphatic heterocycles. The number of ketones is 1. The molecule has 0 aromatic heterocycles. The maximum absolute atomic E-state index is 14.3. The van der Waals surface area contributed by atoms with Crippen LogP contribution in [-0.4, -0.2) is 143 Å². The van der Waals surface area contributed by atoms with Gasteiger partial charge in [0, 0.05) is 50.6 Å². The molecule has 0 spiro atoms. The third-order valence-electron chi connectivity index (χ3n) is 13.0. The van der Waals surface area contributed by atoms with E-state index in [-0.39, 0.29) is 18.9 Å². The quantitative estimate of drug-likeness (QED) is 0.199. The van der Waals surface area contributed by atoms with Crippen molar-refractivity contribution in [1.82, 2.24) is 4.90 Å². The van der Waals surface area contributed by atoms with Gasteiger partial charge < -0.3 is 53.6 Å². The zero-order valence-corrected chi connectivity index (χ0v) is 36.9. The normalized spacial score (nSPS) is 43.4. The van der Waals surface area contributed by atoms with Crippen molar-refractivity contribution >= 4 is 11.8 Å². The van der Waals surface area contributed by atoms with E-state index in [2.05, 4.69) is 5.92 Å². The van der Waals surface area contributed by atoms with Crippen molar-refractivity contribution in [3.05, 3.63) is 47.5 Å². The number of hydrogen-bond acceptors (Lipinski definition) is 14. The minimum absolute atomic E-state index is 0.0965. The predicted molar refractivity (Wildman–Crippen MR) is 219 cm³/mol. The number of likely N-dealkylation sites (N-methyl/N-ethyl adjacent to an activating group) is 1. The summed E-state index contributed by atoms with van der Waals surface area (Å²) < 4.78 is 44.0. The van der Waals surface area contributed by atoms with Crippen LogP contribution in [0.4, 0.5) is 0 Å². The Bertz CT molecular complexity index is 1630. The molecule has 0 saturated carbocycles. The van der Waals surface area contributed by atoms with Crippen molar-refractivity contribution in [2.75, 3.05) is 21.3 Å². The number of allylic oxidation sites excluding steroid dienone is 1. The van der Waals surface area contributed by atoms with Crippen molar-refractivity contribution < 1.29 is 63.2 Å². The van der Waals surface area contributed by atoms with Gasteiger partial charge in [-0.2, -0.15) is 0 Å². The van der Waals surface area contributed by atoms with Crippen molar-refractivity contribution in [3.8, 4) is 12.3 Å². The number of benzene rings is 1. The Kier molecular flexibility index (Phi) is 16.5. The topological polar surface area (TPSA) is 183 Å². The van der Waals surface area contributed by atoms with Crippen LogP contribution in [0.25, 0.3) is 0 Å². The largest absolute Gasteiger partial charge is 0.459 e. The Morgan fingerprint density at radius 1 is 0.932 bits per heavy atom. The van der Waals surface area contributed by atoms with Crippen molar-refractivity contribution in [2.24, 2.45) is 17.8 Å². The Hall–Kier alpha value is -2.78. The molecule has 0 amide bonds. The third kappa shape index (κ3) is 10.8. The summed E-state index contributed by atoms with van der Waals surface area (Å²) in [5, 5.41) is 46.0. The summed E-state index contributed by atoms with van der Waals surface area (Å²) in [5.41, 5.74) is -2.75. The Labute approximate surface area is 350 Å². The van der Waals surface area contributed by atoms with Gasteiger partial charge in [-0.3, -0.25) is 14.5 Å². The fraction of sp³-hybridized carbons (Fsp3) is 0.733. The molecule has 4 N–H and O–H groups in total. The smallest absolute Gasteiger partial charge is 0.311 e. The first-order valence-corrected chi connectivity index (χ1v) is 20.7. The molecule has 332 valence electrons. The molecule has 3 heterocycles. The van der Waals surface area contributed by atoms with E-state index in [0.29, 0.717) is 13.0 Å². The summed E-state index contributed by atoms with van der Waals surface area (Å²) in [6.07, 6.45) is -1.27. The zero-order chi connectivity index (χ0) is 44.2. The highest BCUT2D eigenvalue weighted by Crippen LogP contribution is 2.40. The van der Waals surface area contributed by atoms with Crippen LogP contribution in [0.3, 0.4) is 0 Å². The molecule has 14 heteroatoms. The van der Waals surface area contributed by atoms with Crippen LogP contribution >= 0.6 is 0 Å². The summed E-state index contributed by atoms with van der Waals surface area (Å²) in [4.78, 5) is 30.1. The second-order valence-electron chi connectivity index (χ2n) is 17.5. The molecule has 0 bridgehead atoms. The first kappa shape index (κ1) is 48.9. The van der Waals surface area contributed by atoms with E-state index in [0.717, 1.165) is 11.1 Å². The fourth-order valence-electron chi connectivity index (χ4n) is 8.78. The van der Waals surface area contributed by atoms with Gasteiger partial charge in [-0.15, -0.1) is 6.42 Å². The van der Waals surface area contributed by atoms with E-state index in [1.54, 1.807) is 41.5 Å². The number of terminal acetylenes is 1. The van der Waals surface area contributed by atoms with Gasteiger partial charge in [0.15, 0.2) is 18.4 Å². The van der Waals surface area contributed by atoms with Gasteiger partial charge in [-0.1, -0.05) is 38.8 Å². The molecule has 0 radical (unpaired) electrons. The molecular weight excluding hydrogens is 762 g/mol. The maximum Gasteiger partial charge on any atom is 0.311 e. The molecule has 0 aliphatic carbocycles. The number of nitrogens with zero attached hydrogens (tertiary/aromatic N) is 1. The van der Waals surface area contributed by atoms with Crippen molar-refractivity contribution in [2.45, 2.75) is 172 Å². The highest BCUT2D eigenvalue weighted by Gasteiger charge is 2.52. The summed E-state index contributed by atoms with van der Waals surface area (Å²) >= 11 is 0. The molecule has 1 aromatic carbocycles. The number of rotatable bonds is 10. The average molecular weight is 832 g/mol. The van der Waals surface area contributed by atoms with Gasteiger partial charge in [0.05, 0.1) is 42.0 Å². The minimum Gasteiger partial charge on any atom is -0.459 e. The molecular formula is C45H69NO13. The van der Waals surface area contributed by atoms with E-state index in [9.17, 15) is 30.0 Å². The molecule has 1 aromatic rings. The summed E-state index contributed by atoms with van der Waals surface area (Å²) in [5.74, 6) is -1.60. The Balaban J connectivity index is 1.82. The lowest BCUT2D eigenvalue weighted by Gasteiger charge is -2.49. The SMILES string of the molecule is C#Cc1ccc(CN(C)[C@H]2C[C@@H](C)O[C@@H](O[C@@H]3[C@@H](C)[C@H](O[C@H]4C[C@@](C)(OC)[C@@H](O)[C@H](C)O4)[C@@H](C)C(=O)O[C@H](CC)[C@@](C)(O)[C@H](O)[C@@H](C)C(=O)/C=C/[C@@]3(C)OC)[C@H]2O)cc1. The van der Waals surface area contributed by atoms with Gasteiger partial charge in [-0.25, -0.2) is 0 Å². The van der Waals surface area contributed by atoms with Crippen LogP contribution in [0.5, 0.6) is 0 Å². The molecule has 2 fully saturated rings. The van der Waals surface area contributed by atoms with E-state index in [1.165, 1.54) is 40.2 Å². The highest BCUT2D eigenvalue weighted by atomic mass is 16.7. The number of ether oxygens (including phenoxy) is 7. The van der Waals surface area contributed by atoms with Crippen LogP contribution in [0, 0.1) is 30.1 Å². The lowest BCUT2D eigenvalue weighted by atomic mass is 9.79. The van der Waals surface area contributed by atoms with Gasteiger partial charge in [0.1, 0.15) is 29.5 Å². The number of aliphatic hydroxyl groups excluding tert-OH is 3. The first-order valence-electron chi connectivity index (χ1n) is 20.7. The maximum atomic E-state index is 14.3. The second kappa shape index (κ2) is 19.9. The molecule has 4 rings (SSSR count). The summed E-state index contributed by atoms with van der Waals surface area (Å²) in [7, 11) is 4.86. The number of hydrogen-bond donors (Lipinski definition) is 4. The van der Waals surface area contributed by atoms with Crippen LogP contribution in [-0.2, 0) is 49.3 Å². The van der Waals surface area contributed by atoms with Crippen LogP contribution in [0.2, 0.25) is 0 Å². The molecule has 59 heavy (non-hydrogen) atoms. The first-order chi connectivity index (χ1) is 27.6. The number of aliphatic hydroxyl groups is 4. The number of carbonyl (C=O) groups is 2. The second-order valence-corrected chi connectivity index (χ2v) is 17.5. The van der Waals surface area contributed by atoms with E-state index < -0.39 is 108 Å². The van der Waals surface area contributed by atoms with Crippen LogP contribution < -0.4 is 0 Å². The molecule has 17 atom stereocenters. The summed E-state index contributed by atoms with van der Waals surface area (Å²) in [6, 6.07) is 7.23. The third-order valence-corrected chi connectivity index (χ3v) is 13.0. The van der Waals surface area contributed by atoms with Gasteiger partial charge in [0.25, 0.3) is 0 Å². The summed E-state index contributed by atoms with van der Waals surface area (Å²) in [6.45, 7) is 15.5. The zero-order valence-electron chi connectivity index (χ0n) is 36.9. The monoisotopic (exact) mass is 831 g/mol. The Morgan fingerprint density at radius 2 is 1.58 bits per heavy atom. The molecule has 14 nitrogen and oxygen atoms in total. The number of methoxy groups -OCH3 is 2. The molecule has 0 unspecified atom stereocenters. The fourth-order valence-corrected chi connectivity index (χ4v) is 8.78. The standard InChI is InChI=1S/C45H69NO13/c1-14-30-16-18-31(19-17-30)24-46(11)32-22-25(3)55-42(36(32)48)59-40-27(5)37(58-35-23-44(9,54-13)39(50)29(7)56-35)28(6)41(51)57-34(15-2)45(10,52)38(49)26(4)33(47)20-21-43(40,8)53-12/h1,16-21,25-29,32,34-40,42,48-50,52H,15,22-24H2,2-13H3/b21-20+/t25-,26+,27+,28-,29+,32+,34-,35+,36+,37+,38-,39+,40-,42+,43-,44-,45-/m1/s1. The van der Waals surface area contributed by atoms with Crippen LogP contribution in [0.1, 0.15) is 92.7 Å². The lowest BCUT2D eigenvalue weighted by Crippen LogP contribution is -2.60. The van der Waals surface area contributed by atoms with Crippen LogP contribution in [0.15, 0.2) is 36.4 Å². The van der Waals surface area contributed by atoms with Gasteiger partial charge in [-0.05, 0) is 91.3 Å². The van der Waals surface area contributed by atoms with E-state index >= 15 is 0 Å².